The third-order valence-electron chi connectivity index (χ3n) is 3.86. The summed E-state index contributed by atoms with van der Waals surface area (Å²) in [6, 6.07) is 0. The van der Waals surface area contributed by atoms with Gasteiger partial charge in [0.05, 0.1) is 7.11 Å². The first kappa shape index (κ1) is 14.9. The minimum atomic E-state index is -0.640. The van der Waals surface area contributed by atoms with Crippen LogP contribution in [0.2, 0.25) is 0 Å². The van der Waals surface area contributed by atoms with E-state index < -0.39 is 11.9 Å². The second-order valence-corrected chi connectivity index (χ2v) is 5.54. The van der Waals surface area contributed by atoms with E-state index in [9.17, 15) is 9.59 Å². The van der Waals surface area contributed by atoms with Crippen molar-refractivity contribution in [3.8, 4) is 0 Å². The Kier molecular flexibility index (Phi) is 5.57. The van der Waals surface area contributed by atoms with Crippen molar-refractivity contribution in [2.45, 2.75) is 52.4 Å². The van der Waals surface area contributed by atoms with Crippen molar-refractivity contribution in [2.75, 3.05) is 7.11 Å². The zero-order valence-corrected chi connectivity index (χ0v) is 11.7. The number of ether oxygens (including phenoxy) is 1. The molecule has 0 N–H and O–H groups in total. The molecule has 0 radical (unpaired) electrons. The first-order valence-corrected chi connectivity index (χ1v) is 6.74. The van der Waals surface area contributed by atoms with Gasteiger partial charge in [0.1, 0.15) is 11.7 Å². The summed E-state index contributed by atoms with van der Waals surface area (Å²) in [6.45, 7) is 3.70. The summed E-state index contributed by atoms with van der Waals surface area (Å²) < 4.78 is 4.65. The number of carbonyl (C=O) groups is 2. The summed E-state index contributed by atoms with van der Waals surface area (Å²) in [6.07, 6.45) is 10.9. The average molecular weight is 252 g/mol. The predicted molar refractivity (Wildman–Crippen MR) is 71.1 cm³/mol. The lowest BCUT2D eigenvalue weighted by atomic mass is 9.75. The highest BCUT2D eigenvalue weighted by atomic mass is 16.5. The number of esters is 1. The minimum Gasteiger partial charge on any atom is -0.468 e. The Labute approximate surface area is 110 Å². The highest BCUT2D eigenvalue weighted by molar-refractivity contribution is 5.97. The molecule has 102 valence electrons. The number of hydrogen-bond acceptors (Lipinski definition) is 3. The molecule has 0 bridgehead atoms. The number of Topliss-reactive ketones (excluding diaryl/α,β-unsaturated/α-hetero) is 1. The third-order valence-corrected chi connectivity index (χ3v) is 3.86. The van der Waals surface area contributed by atoms with E-state index in [1.807, 2.05) is 6.08 Å². The summed E-state index contributed by atoms with van der Waals surface area (Å²) in [7, 11) is 1.32. The van der Waals surface area contributed by atoms with Crippen molar-refractivity contribution in [3.63, 3.8) is 0 Å². The van der Waals surface area contributed by atoms with E-state index in [0.29, 0.717) is 6.42 Å². The Hall–Kier alpha value is -1.12. The van der Waals surface area contributed by atoms with Gasteiger partial charge >= 0.3 is 5.97 Å². The van der Waals surface area contributed by atoms with Crippen molar-refractivity contribution in [3.05, 3.63) is 12.2 Å². The SMILES string of the molecule is COC(=O)C(C/C=C/C1(C)CCCCC1)C(C)=O. The fourth-order valence-electron chi connectivity index (χ4n) is 2.59. The van der Waals surface area contributed by atoms with Crippen LogP contribution in [0.4, 0.5) is 0 Å². The van der Waals surface area contributed by atoms with E-state index in [0.717, 1.165) is 0 Å². The summed E-state index contributed by atoms with van der Waals surface area (Å²) in [5.41, 5.74) is 0.246. The molecule has 0 aromatic carbocycles. The van der Waals surface area contributed by atoms with Gasteiger partial charge in [-0.3, -0.25) is 9.59 Å². The maximum atomic E-state index is 11.4. The summed E-state index contributed by atoms with van der Waals surface area (Å²) in [5.74, 6) is -1.19. The standard InChI is InChI=1S/C15H24O3/c1-12(16)13(14(17)18-3)8-7-11-15(2)9-5-4-6-10-15/h7,11,13H,4-6,8-10H2,1-3H3/b11-7+. The molecule has 1 unspecified atom stereocenters. The molecule has 1 rings (SSSR count). The minimum absolute atomic E-state index is 0.125. The van der Waals surface area contributed by atoms with E-state index in [4.69, 9.17) is 0 Å². The van der Waals surface area contributed by atoms with Crippen molar-refractivity contribution in [1.82, 2.24) is 0 Å². The predicted octanol–water partition coefficient (Wildman–Crippen LogP) is 3.28. The monoisotopic (exact) mass is 252 g/mol. The van der Waals surface area contributed by atoms with E-state index >= 15 is 0 Å². The summed E-state index contributed by atoms with van der Waals surface area (Å²) >= 11 is 0. The van der Waals surface area contributed by atoms with Crippen molar-refractivity contribution in [1.29, 1.82) is 0 Å². The highest BCUT2D eigenvalue weighted by Crippen LogP contribution is 2.37. The summed E-state index contributed by atoms with van der Waals surface area (Å²) in [4.78, 5) is 22.8. The van der Waals surface area contributed by atoms with Crippen molar-refractivity contribution < 1.29 is 14.3 Å². The lowest BCUT2D eigenvalue weighted by Gasteiger charge is -2.30. The van der Waals surface area contributed by atoms with Crippen molar-refractivity contribution in [2.24, 2.45) is 11.3 Å². The van der Waals surface area contributed by atoms with Gasteiger partial charge in [-0.1, -0.05) is 38.3 Å². The molecule has 3 heteroatoms. The molecule has 18 heavy (non-hydrogen) atoms. The van der Waals surface area contributed by atoms with Gasteiger partial charge in [0.2, 0.25) is 0 Å². The van der Waals surface area contributed by atoms with Crippen LogP contribution in [0.1, 0.15) is 52.4 Å². The Morgan fingerprint density at radius 2 is 1.89 bits per heavy atom. The number of hydrogen-bond donors (Lipinski definition) is 0. The fraction of sp³-hybridized carbons (Fsp3) is 0.733. The van der Waals surface area contributed by atoms with Crippen LogP contribution in [0.15, 0.2) is 12.2 Å². The molecule has 0 heterocycles. The maximum absolute atomic E-state index is 11.4. The lowest BCUT2D eigenvalue weighted by molar-refractivity contribution is -0.148. The molecule has 1 fully saturated rings. The topological polar surface area (TPSA) is 43.4 Å². The molecule has 0 aromatic heterocycles. The van der Waals surface area contributed by atoms with Gasteiger partial charge in [0.25, 0.3) is 0 Å². The van der Waals surface area contributed by atoms with Gasteiger partial charge < -0.3 is 4.74 Å². The second kappa shape index (κ2) is 6.72. The van der Waals surface area contributed by atoms with Gasteiger partial charge in [-0.2, -0.15) is 0 Å². The molecular formula is C15H24O3. The lowest BCUT2D eigenvalue weighted by Crippen LogP contribution is -2.23. The third kappa shape index (κ3) is 4.28. The van der Waals surface area contributed by atoms with Gasteiger partial charge in [0, 0.05) is 0 Å². The fourth-order valence-corrected chi connectivity index (χ4v) is 2.59. The molecule has 1 aliphatic carbocycles. The van der Waals surface area contributed by atoms with Crippen LogP contribution in [0.3, 0.4) is 0 Å². The van der Waals surface area contributed by atoms with Crippen LogP contribution >= 0.6 is 0 Å². The molecule has 1 saturated carbocycles. The number of allylic oxidation sites excluding steroid dienone is 2. The van der Waals surface area contributed by atoms with E-state index in [2.05, 4.69) is 17.7 Å². The Bertz CT molecular complexity index is 325. The van der Waals surface area contributed by atoms with Gasteiger partial charge in [0.15, 0.2) is 0 Å². The molecule has 3 nitrogen and oxygen atoms in total. The van der Waals surface area contributed by atoms with Crippen LogP contribution in [-0.4, -0.2) is 18.9 Å². The quantitative estimate of drug-likeness (QED) is 0.428. The molecule has 0 amide bonds. The zero-order chi connectivity index (χ0) is 13.6. The van der Waals surface area contributed by atoms with Gasteiger partial charge in [-0.15, -0.1) is 0 Å². The van der Waals surface area contributed by atoms with Crippen molar-refractivity contribution >= 4 is 11.8 Å². The molecule has 0 aliphatic heterocycles. The molecular weight excluding hydrogens is 228 g/mol. The smallest absolute Gasteiger partial charge is 0.316 e. The Morgan fingerprint density at radius 1 is 1.28 bits per heavy atom. The van der Waals surface area contributed by atoms with E-state index in [-0.39, 0.29) is 11.2 Å². The first-order valence-electron chi connectivity index (χ1n) is 6.74. The second-order valence-electron chi connectivity index (χ2n) is 5.54. The van der Waals surface area contributed by atoms with Crippen LogP contribution in [0.25, 0.3) is 0 Å². The maximum Gasteiger partial charge on any atom is 0.316 e. The van der Waals surface area contributed by atoms with Gasteiger partial charge in [-0.25, -0.2) is 0 Å². The highest BCUT2D eigenvalue weighted by Gasteiger charge is 2.25. The van der Waals surface area contributed by atoms with Crippen LogP contribution in [-0.2, 0) is 14.3 Å². The van der Waals surface area contributed by atoms with E-state index in [1.165, 1.54) is 46.1 Å². The van der Waals surface area contributed by atoms with Crippen LogP contribution in [0.5, 0.6) is 0 Å². The molecule has 0 saturated heterocycles. The largest absolute Gasteiger partial charge is 0.468 e. The molecule has 0 spiro atoms. The van der Waals surface area contributed by atoms with Crippen LogP contribution in [0, 0.1) is 11.3 Å². The molecule has 1 aliphatic rings. The average Bonchev–Trinajstić information content (AvgIpc) is 2.34. The van der Waals surface area contributed by atoms with Crippen LogP contribution < -0.4 is 0 Å². The molecule has 1 atom stereocenters. The number of methoxy groups -OCH3 is 1. The Balaban J connectivity index is 2.55. The normalized spacial score (nSPS) is 20.6. The zero-order valence-electron chi connectivity index (χ0n) is 11.7. The first-order chi connectivity index (χ1) is 8.48. The van der Waals surface area contributed by atoms with E-state index in [1.54, 1.807) is 0 Å². The molecule has 0 aromatic rings. The number of rotatable bonds is 5. The van der Waals surface area contributed by atoms with Gasteiger partial charge in [-0.05, 0) is 31.6 Å². The Morgan fingerprint density at radius 3 is 2.39 bits per heavy atom. The number of carbonyl (C=O) groups excluding carboxylic acids is 2. The number of ketones is 1. The summed E-state index contributed by atoms with van der Waals surface area (Å²) in [5, 5.41) is 0.